The predicted molar refractivity (Wildman–Crippen MR) is 109 cm³/mol. The fourth-order valence-corrected chi connectivity index (χ4v) is 5.02. The zero-order valence-corrected chi connectivity index (χ0v) is 17.1. The van der Waals surface area contributed by atoms with Gasteiger partial charge in [-0.15, -0.1) is 10.2 Å². The van der Waals surface area contributed by atoms with Crippen LogP contribution in [0.1, 0.15) is 50.3 Å². The zero-order chi connectivity index (χ0) is 20.7. The lowest BCUT2D eigenvalue weighted by Crippen LogP contribution is -2.52. The van der Waals surface area contributed by atoms with E-state index < -0.39 is 6.04 Å². The summed E-state index contributed by atoms with van der Waals surface area (Å²) in [6.45, 7) is 3.43. The molecular weight excluding hydrogens is 404 g/mol. The second-order valence-corrected chi connectivity index (χ2v) is 8.94. The summed E-state index contributed by atoms with van der Waals surface area (Å²) in [6, 6.07) is 5.20. The molecule has 0 bridgehead atoms. The lowest BCUT2D eigenvalue weighted by molar-refractivity contribution is -0.136. The molecule has 1 atom stereocenters. The number of hydrogen-bond acceptors (Lipinski definition) is 8. The Kier molecular flexibility index (Phi) is 5.05. The molecule has 0 aliphatic carbocycles. The molecule has 30 heavy (non-hydrogen) atoms. The van der Waals surface area contributed by atoms with Gasteiger partial charge in [-0.2, -0.15) is 0 Å². The van der Waals surface area contributed by atoms with E-state index in [1.54, 1.807) is 16.2 Å². The zero-order valence-electron chi connectivity index (χ0n) is 16.3. The van der Waals surface area contributed by atoms with Crippen LogP contribution >= 0.6 is 11.3 Å². The Balaban J connectivity index is 1.25. The number of amides is 3. The van der Waals surface area contributed by atoms with Crippen molar-refractivity contribution in [1.82, 2.24) is 31.0 Å². The molecule has 2 aromatic rings. The summed E-state index contributed by atoms with van der Waals surface area (Å²) in [5.74, 6) is -0.336. The minimum absolute atomic E-state index is 0.146. The maximum Gasteiger partial charge on any atom is 0.255 e. The smallest absolute Gasteiger partial charge is 0.255 e. The third-order valence-electron chi connectivity index (χ3n) is 5.84. The molecule has 3 N–H and O–H groups in total. The van der Waals surface area contributed by atoms with Crippen molar-refractivity contribution < 1.29 is 14.4 Å². The maximum atomic E-state index is 13.1. The van der Waals surface area contributed by atoms with Crippen molar-refractivity contribution in [3.05, 3.63) is 44.9 Å². The summed E-state index contributed by atoms with van der Waals surface area (Å²) >= 11 is 1.63. The molecule has 2 fully saturated rings. The molecule has 9 nitrogen and oxygen atoms in total. The average Bonchev–Trinajstić information content (AvgIpc) is 3.26. The van der Waals surface area contributed by atoms with E-state index in [9.17, 15) is 14.4 Å². The number of hydrogen-bond donors (Lipinski definition) is 3. The Bertz CT molecular complexity index is 1020. The summed E-state index contributed by atoms with van der Waals surface area (Å²) in [5.41, 5.74) is 2.48. The molecule has 3 aliphatic rings. The number of benzene rings is 1. The van der Waals surface area contributed by atoms with Crippen molar-refractivity contribution in [2.75, 3.05) is 13.1 Å². The minimum atomic E-state index is -0.593. The van der Waals surface area contributed by atoms with Gasteiger partial charge >= 0.3 is 0 Å². The second kappa shape index (κ2) is 7.86. The maximum absolute atomic E-state index is 13.1. The van der Waals surface area contributed by atoms with Crippen LogP contribution in [0.4, 0.5) is 0 Å². The summed E-state index contributed by atoms with van der Waals surface area (Å²) in [7, 11) is 0. The van der Waals surface area contributed by atoms with Crippen LogP contribution in [0.15, 0.2) is 18.2 Å². The van der Waals surface area contributed by atoms with Crippen LogP contribution in [0.3, 0.4) is 0 Å². The number of fused-ring (bicyclic) bond motifs is 1. The van der Waals surface area contributed by atoms with Crippen LogP contribution in [0.5, 0.6) is 0 Å². The Morgan fingerprint density at radius 3 is 2.80 bits per heavy atom. The molecule has 0 saturated carbocycles. The summed E-state index contributed by atoms with van der Waals surface area (Å²) in [4.78, 5) is 38.3. The number of nitrogens with zero attached hydrogens (tertiary/aromatic N) is 3. The normalized spacial score (nSPS) is 21.5. The quantitative estimate of drug-likeness (QED) is 0.568. The highest BCUT2D eigenvalue weighted by Gasteiger charge is 2.39. The first-order chi connectivity index (χ1) is 14.6. The first-order valence-corrected chi connectivity index (χ1v) is 10.9. The standard InChI is InChI=1S/C20H22N6O3S/c27-15-5-4-14(18(28)23-15)26-10-12-3-1-2-11(17(12)20(26)29)6-22-9-16-24-25-19(30-16)13-7-21-8-13/h1-3,13-14,21-22H,4-10H2,(H,23,27,28). The third-order valence-corrected chi connectivity index (χ3v) is 6.93. The van der Waals surface area contributed by atoms with E-state index in [2.05, 4.69) is 26.1 Å². The number of imide groups is 1. The molecule has 5 rings (SSSR count). The van der Waals surface area contributed by atoms with Gasteiger partial charge < -0.3 is 15.5 Å². The third kappa shape index (κ3) is 3.51. The predicted octanol–water partition coefficient (Wildman–Crippen LogP) is 0.276. The van der Waals surface area contributed by atoms with Crippen molar-refractivity contribution >= 4 is 29.1 Å². The van der Waals surface area contributed by atoms with E-state index in [-0.39, 0.29) is 24.1 Å². The summed E-state index contributed by atoms with van der Waals surface area (Å²) < 4.78 is 0. The average molecular weight is 427 g/mol. The Hall–Kier alpha value is -2.69. The molecule has 0 radical (unpaired) electrons. The van der Waals surface area contributed by atoms with E-state index in [1.165, 1.54) is 0 Å². The number of rotatable bonds is 6. The van der Waals surface area contributed by atoms with Gasteiger partial charge in [-0.25, -0.2) is 0 Å². The monoisotopic (exact) mass is 426 g/mol. The van der Waals surface area contributed by atoms with Crippen LogP contribution in [0, 0.1) is 0 Å². The van der Waals surface area contributed by atoms with E-state index in [0.717, 1.165) is 34.2 Å². The molecule has 3 amide bonds. The van der Waals surface area contributed by atoms with Gasteiger partial charge in [-0.1, -0.05) is 29.5 Å². The Morgan fingerprint density at radius 2 is 2.03 bits per heavy atom. The van der Waals surface area contributed by atoms with Crippen LogP contribution in [0.2, 0.25) is 0 Å². The van der Waals surface area contributed by atoms with E-state index in [4.69, 9.17) is 0 Å². The van der Waals surface area contributed by atoms with Crippen molar-refractivity contribution in [2.45, 2.75) is 44.4 Å². The van der Waals surface area contributed by atoms with Gasteiger partial charge in [0.1, 0.15) is 16.1 Å². The van der Waals surface area contributed by atoms with Crippen molar-refractivity contribution in [3.63, 3.8) is 0 Å². The molecule has 4 heterocycles. The van der Waals surface area contributed by atoms with Gasteiger partial charge in [0, 0.05) is 50.6 Å². The fourth-order valence-electron chi connectivity index (χ4n) is 4.11. The van der Waals surface area contributed by atoms with Gasteiger partial charge in [0.25, 0.3) is 5.91 Å². The van der Waals surface area contributed by atoms with Crippen molar-refractivity contribution in [1.29, 1.82) is 0 Å². The number of aromatic nitrogens is 2. The highest BCUT2D eigenvalue weighted by molar-refractivity contribution is 7.11. The molecule has 0 spiro atoms. The highest BCUT2D eigenvalue weighted by atomic mass is 32.1. The molecule has 1 aromatic carbocycles. The number of piperidine rings is 1. The molecule has 1 aromatic heterocycles. The van der Waals surface area contributed by atoms with Crippen molar-refractivity contribution in [3.8, 4) is 0 Å². The highest BCUT2D eigenvalue weighted by Crippen LogP contribution is 2.30. The molecule has 3 aliphatic heterocycles. The van der Waals surface area contributed by atoms with Gasteiger partial charge in [0.15, 0.2) is 0 Å². The number of carbonyl (C=O) groups excluding carboxylic acids is 3. The fraction of sp³-hybridized carbons (Fsp3) is 0.450. The van der Waals surface area contributed by atoms with Crippen molar-refractivity contribution in [2.24, 2.45) is 0 Å². The van der Waals surface area contributed by atoms with Crippen LogP contribution in [-0.2, 0) is 29.2 Å². The topological polar surface area (TPSA) is 116 Å². The minimum Gasteiger partial charge on any atom is -0.322 e. The van der Waals surface area contributed by atoms with E-state index in [1.807, 2.05) is 18.2 Å². The largest absolute Gasteiger partial charge is 0.322 e. The number of carbonyl (C=O) groups is 3. The molecule has 1 unspecified atom stereocenters. The number of nitrogens with one attached hydrogen (secondary N) is 3. The van der Waals surface area contributed by atoms with E-state index in [0.29, 0.717) is 37.5 Å². The van der Waals surface area contributed by atoms with Crippen LogP contribution < -0.4 is 16.0 Å². The molecule has 156 valence electrons. The first kappa shape index (κ1) is 19.3. The van der Waals surface area contributed by atoms with Gasteiger partial charge in [0.05, 0.1) is 0 Å². The summed E-state index contributed by atoms with van der Waals surface area (Å²) in [6.07, 6.45) is 0.625. The lowest BCUT2D eigenvalue weighted by atomic mass is 10.0. The second-order valence-electron chi connectivity index (χ2n) is 7.84. The molecule has 2 saturated heterocycles. The molecular formula is C20H22N6O3S. The van der Waals surface area contributed by atoms with Crippen LogP contribution in [0.25, 0.3) is 0 Å². The van der Waals surface area contributed by atoms with E-state index >= 15 is 0 Å². The SMILES string of the molecule is O=C1CCC(N2Cc3cccc(CNCc4nnc(C5CNC5)s4)c3C2=O)C(=O)N1. The first-order valence-electron chi connectivity index (χ1n) is 10.1. The molecule has 10 heteroatoms. The van der Waals surface area contributed by atoms with Crippen LogP contribution in [-0.4, -0.2) is 52.0 Å². The van der Waals surface area contributed by atoms with Gasteiger partial charge in [-0.3, -0.25) is 19.7 Å². The Morgan fingerprint density at radius 1 is 1.17 bits per heavy atom. The van der Waals surface area contributed by atoms with Gasteiger partial charge in [0.2, 0.25) is 11.8 Å². The summed E-state index contributed by atoms with van der Waals surface area (Å²) in [5, 5.41) is 19.5. The van der Waals surface area contributed by atoms with Gasteiger partial charge in [-0.05, 0) is 17.5 Å². The Labute approximate surface area is 177 Å². The lowest BCUT2D eigenvalue weighted by Gasteiger charge is -2.29.